The third-order valence-corrected chi connectivity index (χ3v) is 3.66. The molecule has 1 aliphatic heterocycles. The molecule has 1 atom stereocenters. The number of Topliss-reactive ketones (excluding diaryl/α,β-unsaturated/α-hetero) is 1. The van der Waals surface area contributed by atoms with Crippen LogP contribution in [-0.4, -0.2) is 16.0 Å². The number of ketones is 1. The fraction of sp³-hybridized carbons (Fsp3) is 0.231. The highest BCUT2D eigenvalue weighted by atomic mass is 79.9. The number of carbonyl (C=O) groups is 1. The van der Waals surface area contributed by atoms with E-state index in [1.54, 1.807) is 25.1 Å². The number of halogens is 1. The zero-order chi connectivity index (χ0) is 14.2. The Morgan fingerprint density at radius 1 is 1.47 bits per heavy atom. The van der Waals surface area contributed by atoms with Crippen molar-refractivity contribution < 1.29 is 9.90 Å². The van der Waals surface area contributed by atoms with E-state index in [2.05, 4.69) is 26.6 Å². The molecule has 2 rings (SSSR count). The maximum atomic E-state index is 11.8. The lowest BCUT2D eigenvalue weighted by molar-refractivity contribution is -0.114. The first kappa shape index (κ1) is 14.0. The van der Waals surface area contributed by atoms with Crippen molar-refractivity contribution in [3.63, 3.8) is 0 Å². The van der Waals surface area contributed by atoms with Crippen molar-refractivity contribution in [1.29, 1.82) is 0 Å². The standard InChI is InChI=1S/C13H13BrN2O2S/c1-6-11(7(2)17)12(16-13(19)15-6)9-5-8(14)3-4-10(9)18/h3-5,12,18H,1-2H3,(H2,15,16,19). The molecule has 3 N–H and O–H groups in total. The van der Waals surface area contributed by atoms with Crippen LogP contribution >= 0.6 is 28.1 Å². The van der Waals surface area contributed by atoms with E-state index in [1.165, 1.54) is 6.92 Å². The van der Waals surface area contributed by atoms with Crippen molar-refractivity contribution in [2.24, 2.45) is 0 Å². The fourth-order valence-electron chi connectivity index (χ4n) is 2.15. The van der Waals surface area contributed by atoms with E-state index in [9.17, 15) is 9.90 Å². The average molecular weight is 341 g/mol. The van der Waals surface area contributed by atoms with Gasteiger partial charge in [-0.2, -0.15) is 0 Å². The molecule has 100 valence electrons. The average Bonchev–Trinajstić information content (AvgIpc) is 2.30. The predicted octanol–water partition coefficient (Wildman–Crippen LogP) is 2.54. The Morgan fingerprint density at radius 3 is 2.79 bits per heavy atom. The minimum absolute atomic E-state index is 0.0654. The molecule has 0 amide bonds. The summed E-state index contributed by atoms with van der Waals surface area (Å²) in [7, 11) is 0. The molecule has 1 aliphatic rings. The van der Waals surface area contributed by atoms with Gasteiger partial charge in [-0.25, -0.2) is 0 Å². The molecule has 19 heavy (non-hydrogen) atoms. The normalized spacial score (nSPS) is 18.9. The van der Waals surface area contributed by atoms with Crippen LogP contribution in [0.5, 0.6) is 5.75 Å². The molecule has 0 saturated carbocycles. The SMILES string of the molecule is CC(=O)C1=C(C)NC(=S)NC1c1cc(Br)ccc1O. The van der Waals surface area contributed by atoms with E-state index in [1.807, 2.05) is 0 Å². The summed E-state index contributed by atoms with van der Waals surface area (Å²) in [4.78, 5) is 11.8. The van der Waals surface area contributed by atoms with Gasteiger partial charge in [0.05, 0.1) is 6.04 Å². The highest BCUT2D eigenvalue weighted by molar-refractivity contribution is 9.10. The van der Waals surface area contributed by atoms with E-state index in [4.69, 9.17) is 12.2 Å². The van der Waals surface area contributed by atoms with E-state index in [-0.39, 0.29) is 11.5 Å². The van der Waals surface area contributed by atoms with Gasteiger partial charge in [0.1, 0.15) is 5.75 Å². The number of allylic oxidation sites excluding steroid dienone is 1. The van der Waals surface area contributed by atoms with E-state index >= 15 is 0 Å². The van der Waals surface area contributed by atoms with Crippen molar-refractivity contribution in [3.05, 3.63) is 39.5 Å². The van der Waals surface area contributed by atoms with Crippen molar-refractivity contribution in [2.45, 2.75) is 19.9 Å². The molecule has 0 bridgehead atoms. The summed E-state index contributed by atoms with van der Waals surface area (Å²) >= 11 is 8.48. The van der Waals surface area contributed by atoms with E-state index < -0.39 is 6.04 Å². The summed E-state index contributed by atoms with van der Waals surface area (Å²) in [5, 5.41) is 16.4. The maximum Gasteiger partial charge on any atom is 0.171 e. The Hall–Kier alpha value is -1.40. The van der Waals surface area contributed by atoms with Gasteiger partial charge in [0.15, 0.2) is 10.9 Å². The summed E-state index contributed by atoms with van der Waals surface area (Å²) in [6.45, 7) is 3.30. The topological polar surface area (TPSA) is 61.4 Å². The largest absolute Gasteiger partial charge is 0.508 e. The first-order valence-corrected chi connectivity index (χ1v) is 6.88. The van der Waals surface area contributed by atoms with Crippen molar-refractivity contribution >= 4 is 39.0 Å². The van der Waals surface area contributed by atoms with Crippen LogP contribution in [0.15, 0.2) is 33.9 Å². The number of carbonyl (C=O) groups excluding carboxylic acids is 1. The molecule has 0 aromatic heterocycles. The number of aromatic hydroxyl groups is 1. The Morgan fingerprint density at radius 2 is 2.16 bits per heavy atom. The van der Waals surface area contributed by atoms with Gasteiger partial charge in [-0.05, 0) is 44.3 Å². The number of thiocarbonyl (C=S) groups is 1. The second-order valence-electron chi connectivity index (χ2n) is 4.33. The zero-order valence-corrected chi connectivity index (χ0v) is 12.9. The lowest BCUT2D eigenvalue weighted by Gasteiger charge is -2.30. The molecule has 1 heterocycles. The van der Waals surface area contributed by atoms with Crippen LogP contribution in [0.2, 0.25) is 0 Å². The second-order valence-corrected chi connectivity index (χ2v) is 5.65. The Balaban J connectivity index is 2.58. The van der Waals surface area contributed by atoms with Crippen LogP contribution in [0.4, 0.5) is 0 Å². The van der Waals surface area contributed by atoms with Crippen LogP contribution in [-0.2, 0) is 4.79 Å². The summed E-state index contributed by atoms with van der Waals surface area (Å²) in [5.74, 6) is 0.0568. The van der Waals surface area contributed by atoms with Gasteiger partial charge in [0.25, 0.3) is 0 Å². The highest BCUT2D eigenvalue weighted by Gasteiger charge is 2.29. The van der Waals surface area contributed by atoms with Gasteiger partial charge in [-0.3, -0.25) is 4.79 Å². The van der Waals surface area contributed by atoms with E-state index in [0.717, 1.165) is 4.47 Å². The van der Waals surface area contributed by atoms with Gasteiger partial charge < -0.3 is 15.7 Å². The Bertz CT molecular complexity index is 598. The molecule has 1 unspecified atom stereocenters. The maximum absolute atomic E-state index is 11.8. The molecule has 0 aliphatic carbocycles. The molecule has 0 radical (unpaired) electrons. The Kier molecular flexibility index (Phi) is 3.91. The zero-order valence-electron chi connectivity index (χ0n) is 10.5. The summed E-state index contributed by atoms with van der Waals surface area (Å²) in [6, 6.07) is 4.65. The fourth-order valence-corrected chi connectivity index (χ4v) is 2.80. The summed E-state index contributed by atoms with van der Waals surface area (Å²) in [6.07, 6.45) is 0. The number of hydrogen-bond acceptors (Lipinski definition) is 3. The van der Waals surface area contributed by atoms with Gasteiger partial charge in [0, 0.05) is 21.3 Å². The third kappa shape index (κ3) is 2.79. The lowest BCUT2D eigenvalue weighted by Crippen LogP contribution is -2.44. The van der Waals surface area contributed by atoms with Gasteiger partial charge in [-0.15, -0.1) is 0 Å². The number of rotatable bonds is 2. The summed E-state index contributed by atoms with van der Waals surface area (Å²) < 4.78 is 0.826. The molecule has 0 saturated heterocycles. The molecule has 0 fully saturated rings. The van der Waals surface area contributed by atoms with Crippen LogP contribution in [0.25, 0.3) is 0 Å². The van der Waals surface area contributed by atoms with Crippen LogP contribution < -0.4 is 10.6 Å². The number of hydrogen-bond donors (Lipinski definition) is 3. The van der Waals surface area contributed by atoms with Crippen LogP contribution in [0.1, 0.15) is 25.5 Å². The van der Waals surface area contributed by atoms with Crippen LogP contribution in [0, 0.1) is 0 Å². The first-order chi connectivity index (χ1) is 8.90. The second kappa shape index (κ2) is 5.30. The Labute approximate surface area is 125 Å². The van der Waals surface area contributed by atoms with Crippen molar-refractivity contribution in [1.82, 2.24) is 10.6 Å². The molecule has 4 nitrogen and oxygen atoms in total. The molecular formula is C13H13BrN2O2S. The minimum Gasteiger partial charge on any atom is -0.508 e. The minimum atomic E-state index is -0.441. The van der Waals surface area contributed by atoms with Crippen LogP contribution in [0.3, 0.4) is 0 Å². The smallest absolute Gasteiger partial charge is 0.171 e. The predicted molar refractivity (Wildman–Crippen MR) is 80.8 cm³/mol. The molecule has 0 spiro atoms. The highest BCUT2D eigenvalue weighted by Crippen LogP contribution is 2.34. The van der Waals surface area contributed by atoms with Crippen molar-refractivity contribution in [3.8, 4) is 5.75 Å². The molecule has 1 aromatic carbocycles. The van der Waals surface area contributed by atoms with Gasteiger partial charge in [-0.1, -0.05) is 15.9 Å². The monoisotopic (exact) mass is 340 g/mol. The van der Waals surface area contributed by atoms with Gasteiger partial charge in [0.2, 0.25) is 0 Å². The molecular weight excluding hydrogens is 328 g/mol. The number of benzene rings is 1. The molecule has 6 heteroatoms. The van der Waals surface area contributed by atoms with E-state index in [0.29, 0.717) is 21.9 Å². The van der Waals surface area contributed by atoms with Gasteiger partial charge >= 0.3 is 0 Å². The van der Waals surface area contributed by atoms with Crippen molar-refractivity contribution in [2.75, 3.05) is 0 Å². The lowest BCUT2D eigenvalue weighted by atomic mass is 9.92. The number of nitrogens with one attached hydrogen (secondary N) is 2. The first-order valence-electron chi connectivity index (χ1n) is 5.67. The summed E-state index contributed by atoms with van der Waals surface area (Å²) in [5.41, 5.74) is 1.89. The quantitative estimate of drug-likeness (QED) is 0.722. The third-order valence-electron chi connectivity index (χ3n) is 2.95. The molecule has 1 aromatic rings. The number of phenolic OH excluding ortho intramolecular Hbond substituents is 1. The number of phenols is 1.